The van der Waals surface area contributed by atoms with Crippen molar-refractivity contribution in [2.45, 2.75) is 38.9 Å². The second-order valence-corrected chi connectivity index (χ2v) is 9.88. The molecule has 2 N–H and O–H groups in total. The van der Waals surface area contributed by atoms with E-state index in [1.165, 1.54) is 4.99 Å². The number of rotatable bonds is 3. The Hall–Kier alpha value is -0.293. The lowest BCUT2D eigenvalue weighted by Gasteiger charge is -2.36. The molecule has 0 aliphatic rings. The Morgan fingerprint density at radius 3 is 2.07 bits per heavy atom. The van der Waals surface area contributed by atoms with Gasteiger partial charge in [0.2, 0.25) is 0 Å². The summed E-state index contributed by atoms with van der Waals surface area (Å²) in [4.78, 5) is 12.4. The fraction of sp³-hybridized carbons (Fsp3) is 0.667. The number of carbonyl (C=O) groups excluding carboxylic acids is 1. The average molecular weight is 280 g/mol. The quantitative estimate of drug-likeness (QED) is 0.491. The molecule has 0 fully saturated rings. The Labute approximate surface area is 95.0 Å². The Bertz CT molecular complexity index is 256. The topological polar surface area (TPSA) is 52.3 Å². The first-order chi connectivity index (χ1) is 6.12. The van der Waals surface area contributed by atoms with Gasteiger partial charge in [-0.3, -0.25) is 4.79 Å². The number of amides is 1. The van der Waals surface area contributed by atoms with Gasteiger partial charge in [-0.15, -0.1) is 0 Å². The number of carbonyl (C=O) groups is 1. The van der Waals surface area contributed by atoms with E-state index in [0.29, 0.717) is 0 Å². The van der Waals surface area contributed by atoms with Crippen LogP contribution in [0.1, 0.15) is 20.8 Å². The molecule has 0 atom stereocenters. The molecular formula is C9H18BrNO2Si. The molecule has 0 heterocycles. The van der Waals surface area contributed by atoms with E-state index in [1.54, 1.807) is 0 Å². The highest BCUT2D eigenvalue weighted by atomic mass is 79.9. The normalized spacial score (nSPS) is 14.0. The van der Waals surface area contributed by atoms with E-state index in [9.17, 15) is 4.79 Å². The highest BCUT2D eigenvalue weighted by molar-refractivity contribution is 9.11. The first-order valence-electron chi connectivity index (χ1n) is 4.41. The molecule has 0 radical (unpaired) electrons. The van der Waals surface area contributed by atoms with Gasteiger partial charge in [-0.2, -0.15) is 0 Å². The molecule has 0 unspecified atom stereocenters. The minimum Gasteiger partial charge on any atom is -0.539 e. The summed E-state index contributed by atoms with van der Waals surface area (Å²) >= 11 is 3.07. The molecular weight excluding hydrogens is 262 g/mol. The van der Waals surface area contributed by atoms with E-state index in [2.05, 4.69) is 49.8 Å². The maximum absolute atomic E-state index is 11.0. The number of halogens is 1. The first-order valence-corrected chi connectivity index (χ1v) is 8.23. The van der Waals surface area contributed by atoms with E-state index in [0.717, 1.165) is 0 Å². The molecule has 0 rings (SSSR count). The molecule has 0 aromatic rings. The summed E-state index contributed by atoms with van der Waals surface area (Å²) in [6.45, 7) is 10.4. The van der Waals surface area contributed by atoms with Gasteiger partial charge < -0.3 is 10.2 Å². The Kier molecular flexibility index (Phi) is 4.39. The maximum atomic E-state index is 11.0. The number of hydrogen-bond donors (Lipinski definition) is 1. The summed E-state index contributed by atoms with van der Waals surface area (Å²) in [5.41, 5.74) is 5.16. The molecule has 1 amide bonds. The van der Waals surface area contributed by atoms with Crippen LogP contribution in [0.3, 0.4) is 0 Å². The number of primary amides is 1. The van der Waals surface area contributed by atoms with E-state index in [-0.39, 0.29) is 10.8 Å². The van der Waals surface area contributed by atoms with E-state index >= 15 is 0 Å². The third kappa shape index (κ3) is 3.46. The molecule has 0 aromatic heterocycles. The fourth-order valence-corrected chi connectivity index (χ4v) is 2.06. The smallest absolute Gasteiger partial charge is 0.282 e. The van der Waals surface area contributed by atoms with Gasteiger partial charge in [-0.05, 0) is 18.1 Å². The summed E-state index contributed by atoms with van der Waals surface area (Å²) in [6, 6.07) is 0. The lowest BCUT2D eigenvalue weighted by atomic mass is 10.2. The molecule has 5 heteroatoms. The monoisotopic (exact) mass is 279 g/mol. The van der Waals surface area contributed by atoms with Gasteiger partial charge in [0.15, 0.2) is 5.76 Å². The van der Waals surface area contributed by atoms with Gasteiger partial charge in [0, 0.05) is 4.99 Å². The Morgan fingerprint density at radius 1 is 1.43 bits per heavy atom. The zero-order chi connectivity index (χ0) is 11.6. The third-order valence-electron chi connectivity index (χ3n) is 2.51. The zero-order valence-corrected chi connectivity index (χ0v) is 11.9. The largest absolute Gasteiger partial charge is 0.539 e. The second kappa shape index (κ2) is 4.48. The van der Waals surface area contributed by atoms with E-state index in [4.69, 9.17) is 10.2 Å². The van der Waals surface area contributed by atoms with Crippen molar-refractivity contribution in [3.63, 3.8) is 0 Å². The van der Waals surface area contributed by atoms with Crippen molar-refractivity contribution in [2.75, 3.05) is 0 Å². The van der Waals surface area contributed by atoms with Crippen LogP contribution in [0, 0.1) is 0 Å². The van der Waals surface area contributed by atoms with Crippen molar-refractivity contribution in [3.8, 4) is 0 Å². The van der Waals surface area contributed by atoms with Crippen LogP contribution in [0.5, 0.6) is 0 Å². The van der Waals surface area contributed by atoms with Crippen LogP contribution < -0.4 is 5.73 Å². The fourth-order valence-electron chi connectivity index (χ4n) is 0.554. The summed E-state index contributed by atoms with van der Waals surface area (Å²) < 4.78 is 5.69. The minimum atomic E-state index is -1.95. The highest BCUT2D eigenvalue weighted by Crippen LogP contribution is 2.37. The van der Waals surface area contributed by atoms with Gasteiger partial charge in [0.05, 0.1) is 0 Å². The van der Waals surface area contributed by atoms with Crippen LogP contribution in [0.4, 0.5) is 0 Å². The van der Waals surface area contributed by atoms with Gasteiger partial charge in [-0.1, -0.05) is 36.7 Å². The van der Waals surface area contributed by atoms with Crippen LogP contribution in [0.25, 0.3) is 0 Å². The zero-order valence-electron chi connectivity index (χ0n) is 9.35. The minimum absolute atomic E-state index is 0.0592. The van der Waals surface area contributed by atoms with Crippen LogP contribution in [-0.2, 0) is 9.22 Å². The predicted octanol–water partition coefficient (Wildman–Crippen LogP) is 2.73. The molecule has 0 aromatic carbocycles. The van der Waals surface area contributed by atoms with Gasteiger partial charge in [0.25, 0.3) is 14.2 Å². The molecule has 0 aliphatic carbocycles. The molecule has 0 bridgehead atoms. The lowest BCUT2D eigenvalue weighted by molar-refractivity contribution is -0.116. The second-order valence-electron chi connectivity index (χ2n) is 4.70. The van der Waals surface area contributed by atoms with Crippen molar-refractivity contribution in [3.05, 3.63) is 10.7 Å². The van der Waals surface area contributed by atoms with Crippen LogP contribution in [0.15, 0.2) is 10.7 Å². The maximum Gasteiger partial charge on any atom is 0.282 e. The average Bonchev–Trinajstić information content (AvgIpc) is 1.97. The molecule has 82 valence electrons. The Balaban J connectivity index is 4.75. The molecule has 0 aliphatic heterocycles. The molecule has 14 heavy (non-hydrogen) atoms. The third-order valence-corrected chi connectivity index (χ3v) is 7.27. The summed E-state index contributed by atoms with van der Waals surface area (Å²) in [7, 11) is -1.95. The van der Waals surface area contributed by atoms with Crippen molar-refractivity contribution in [1.82, 2.24) is 0 Å². The molecule has 0 saturated heterocycles. The van der Waals surface area contributed by atoms with E-state index < -0.39 is 14.2 Å². The predicted molar refractivity (Wildman–Crippen MR) is 64.5 cm³/mol. The molecule has 3 nitrogen and oxygen atoms in total. The van der Waals surface area contributed by atoms with Crippen LogP contribution >= 0.6 is 15.9 Å². The number of hydrogen-bond acceptors (Lipinski definition) is 2. The Morgan fingerprint density at radius 2 is 1.86 bits per heavy atom. The van der Waals surface area contributed by atoms with Crippen LogP contribution in [-0.4, -0.2) is 14.2 Å². The summed E-state index contributed by atoms with van der Waals surface area (Å²) in [6.07, 6.45) is 0. The standard InChI is InChI=1S/C9H18BrNO2Si/c1-9(2,3)14(4,5)13-7(6-10)8(11)12/h6H,1-5H3,(H2,11,12)/b7-6-. The van der Waals surface area contributed by atoms with Crippen molar-refractivity contribution in [1.29, 1.82) is 0 Å². The van der Waals surface area contributed by atoms with Gasteiger partial charge in [-0.25, -0.2) is 0 Å². The van der Waals surface area contributed by atoms with Crippen molar-refractivity contribution in [2.24, 2.45) is 5.73 Å². The molecule has 0 saturated carbocycles. The summed E-state index contributed by atoms with van der Waals surface area (Å²) in [5, 5.41) is 0.0592. The van der Waals surface area contributed by atoms with Gasteiger partial charge >= 0.3 is 0 Å². The SMILES string of the molecule is CC(C)(C)[Si](C)(C)O/C(=C\Br)C(N)=O. The van der Waals surface area contributed by atoms with Gasteiger partial charge in [0.1, 0.15) is 0 Å². The summed E-state index contributed by atoms with van der Waals surface area (Å²) in [5.74, 6) is -0.330. The highest BCUT2D eigenvalue weighted by Gasteiger charge is 2.40. The van der Waals surface area contributed by atoms with Crippen molar-refractivity contribution < 1.29 is 9.22 Å². The molecule has 0 spiro atoms. The van der Waals surface area contributed by atoms with Crippen LogP contribution in [0.2, 0.25) is 18.1 Å². The lowest BCUT2D eigenvalue weighted by Crippen LogP contribution is -2.42. The number of nitrogens with two attached hydrogens (primary N) is 1. The van der Waals surface area contributed by atoms with E-state index in [1.807, 2.05) is 0 Å². The first kappa shape index (κ1) is 13.7. The van der Waals surface area contributed by atoms with Crippen molar-refractivity contribution >= 4 is 30.2 Å².